The third-order valence-electron chi connectivity index (χ3n) is 1.74. The van der Waals surface area contributed by atoms with Crippen LogP contribution in [-0.2, 0) is 9.59 Å². The lowest BCUT2D eigenvalue weighted by molar-refractivity contribution is -0.137. The summed E-state index contributed by atoms with van der Waals surface area (Å²) in [4.78, 5) is 21.7. The molecule has 2 amide bonds. The van der Waals surface area contributed by atoms with Crippen LogP contribution in [0.3, 0.4) is 0 Å². The maximum atomic E-state index is 12.4. The molecule has 2 atom stereocenters. The van der Waals surface area contributed by atoms with E-state index in [9.17, 15) is 18.4 Å². The minimum atomic E-state index is -3.08. The number of halogens is 2. The van der Waals surface area contributed by atoms with Gasteiger partial charge >= 0.3 is 0 Å². The molecule has 5 nitrogen and oxygen atoms in total. The molecule has 0 aromatic rings. The van der Waals surface area contributed by atoms with Crippen molar-refractivity contribution in [1.82, 2.24) is 5.32 Å². The first-order valence-corrected chi connectivity index (χ1v) is 3.87. The highest BCUT2D eigenvalue weighted by atomic mass is 19.3. The average Bonchev–Trinajstić information content (AvgIpc) is 2.02. The lowest BCUT2D eigenvalue weighted by atomic mass is 10.0. The Hall–Kier alpha value is -1.24. The molecular weight excluding hydrogens is 196 g/mol. The van der Waals surface area contributed by atoms with E-state index in [0.717, 1.165) is 6.92 Å². The summed E-state index contributed by atoms with van der Waals surface area (Å²) < 4.78 is 24.8. The molecule has 0 bridgehead atoms. The van der Waals surface area contributed by atoms with Gasteiger partial charge in [-0.05, 0) is 13.8 Å². The number of carbonyl (C=O) groups excluding carboxylic acids is 2. The molecule has 0 aliphatic carbocycles. The summed E-state index contributed by atoms with van der Waals surface area (Å²) in [5.41, 5.74) is 7.51. The normalized spacial score (nSPS) is 17.3. The molecule has 0 aliphatic heterocycles. The smallest absolute Gasteiger partial charge is 0.270 e. The van der Waals surface area contributed by atoms with E-state index in [-0.39, 0.29) is 0 Å². The quantitative estimate of drug-likeness (QED) is 0.551. The summed E-state index contributed by atoms with van der Waals surface area (Å²) in [7, 11) is 0. The Morgan fingerprint density at radius 1 is 1.43 bits per heavy atom. The van der Waals surface area contributed by atoms with E-state index in [1.807, 2.05) is 0 Å². The van der Waals surface area contributed by atoms with Crippen LogP contribution in [0.15, 0.2) is 0 Å². The molecule has 0 saturated carbocycles. The molecule has 5 N–H and O–H groups in total. The number of hydrogen-bond donors (Lipinski definition) is 3. The second-order valence-electron chi connectivity index (χ2n) is 3.15. The second-order valence-corrected chi connectivity index (χ2v) is 3.15. The van der Waals surface area contributed by atoms with E-state index in [1.165, 1.54) is 6.92 Å². The summed E-state index contributed by atoms with van der Waals surface area (Å²) in [5.74, 6) is -2.16. The van der Waals surface area contributed by atoms with Crippen LogP contribution in [0.2, 0.25) is 0 Å². The average molecular weight is 209 g/mol. The topological polar surface area (TPSA) is 98.2 Å². The standard InChI is InChI=1S/C7H13F2N3O2/c1-3(10)4(13)12-7(2,5(8)9)6(11)14/h3,5H,10H2,1-2H3,(H2,11,14)(H,12,13). The number of nitrogens with two attached hydrogens (primary N) is 2. The van der Waals surface area contributed by atoms with Gasteiger partial charge in [0.15, 0.2) is 5.54 Å². The van der Waals surface area contributed by atoms with Crippen LogP contribution in [-0.4, -0.2) is 29.8 Å². The fourth-order valence-corrected chi connectivity index (χ4v) is 0.593. The van der Waals surface area contributed by atoms with Crippen molar-refractivity contribution in [1.29, 1.82) is 0 Å². The Morgan fingerprint density at radius 2 is 1.86 bits per heavy atom. The molecule has 0 rings (SSSR count). The molecule has 2 unspecified atom stereocenters. The van der Waals surface area contributed by atoms with Gasteiger partial charge in [-0.15, -0.1) is 0 Å². The summed E-state index contributed by atoms with van der Waals surface area (Å²) >= 11 is 0. The third-order valence-corrected chi connectivity index (χ3v) is 1.74. The fraction of sp³-hybridized carbons (Fsp3) is 0.714. The van der Waals surface area contributed by atoms with Gasteiger partial charge in [-0.3, -0.25) is 9.59 Å². The van der Waals surface area contributed by atoms with Crippen LogP contribution >= 0.6 is 0 Å². The van der Waals surface area contributed by atoms with Crippen LogP contribution in [0.5, 0.6) is 0 Å². The van der Waals surface area contributed by atoms with Gasteiger partial charge in [0, 0.05) is 0 Å². The first kappa shape index (κ1) is 12.8. The van der Waals surface area contributed by atoms with Gasteiger partial charge in [0.05, 0.1) is 6.04 Å². The van der Waals surface area contributed by atoms with E-state index < -0.39 is 29.8 Å². The molecular formula is C7H13F2N3O2. The van der Waals surface area contributed by atoms with Crippen LogP contribution in [0.4, 0.5) is 8.78 Å². The van der Waals surface area contributed by atoms with E-state index in [4.69, 9.17) is 11.5 Å². The zero-order valence-electron chi connectivity index (χ0n) is 7.88. The maximum Gasteiger partial charge on any atom is 0.270 e. The summed E-state index contributed by atoms with van der Waals surface area (Å²) in [6.07, 6.45) is -3.08. The SMILES string of the molecule is CC(N)C(=O)NC(C)(C(N)=O)C(F)F. The van der Waals surface area contributed by atoms with Gasteiger partial charge in [0.1, 0.15) is 0 Å². The van der Waals surface area contributed by atoms with Gasteiger partial charge in [0.25, 0.3) is 6.43 Å². The molecule has 0 spiro atoms. The van der Waals surface area contributed by atoms with Crippen LogP contribution < -0.4 is 16.8 Å². The third kappa shape index (κ3) is 2.63. The van der Waals surface area contributed by atoms with E-state index in [0.29, 0.717) is 0 Å². The second kappa shape index (κ2) is 4.32. The molecule has 0 fully saturated rings. The van der Waals surface area contributed by atoms with E-state index in [1.54, 1.807) is 5.32 Å². The van der Waals surface area contributed by atoms with Gasteiger partial charge in [-0.2, -0.15) is 0 Å². The zero-order chi connectivity index (χ0) is 11.5. The van der Waals surface area contributed by atoms with Crippen molar-refractivity contribution in [2.45, 2.75) is 31.9 Å². The monoisotopic (exact) mass is 209 g/mol. The van der Waals surface area contributed by atoms with Crippen molar-refractivity contribution >= 4 is 11.8 Å². The number of primary amides is 1. The number of carbonyl (C=O) groups is 2. The van der Waals surface area contributed by atoms with Crippen molar-refractivity contribution in [2.24, 2.45) is 11.5 Å². The van der Waals surface area contributed by atoms with Crippen molar-refractivity contribution in [3.05, 3.63) is 0 Å². The van der Waals surface area contributed by atoms with Gasteiger partial charge in [-0.25, -0.2) is 8.78 Å². The Morgan fingerprint density at radius 3 is 2.07 bits per heavy atom. The molecule has 0 radical (unpaired) electrons. The number of hydrogen-bond acceptors (Lipinski definition) is 3. The minimum absolute atomic E-state index is 0.847. The first-order valence-electron chi connectivity index (χ1n) is 3.87. The Labute approximate surface area is 79.8 Å². The predicted octanol–water partition coefficient (Wildman–Crippen LogP) is -1.04. The van der Waals surface area contributed by atoms with Crippen LogP contribution in [0, 0.1) is 0 Å². The molecule has 0 aliphatic rings. The van der Waals surface area contributed by atoms with Gasteiger partial charge in [0.2, 0.25) is 11.8 Å². The fourth-order valence-electron chi connectivity index (χ4n) is 0.593. The van der Waals surface area contributed by atoms with E-state index in [2.05, 4.69) is 0 Å². The van der Waals surface area contributed by atoms with Crippen LogP contribution in [0.1, 0.15) is 13.8 Å². The van der Waals surface area contributed by atoms with Gasteiger partial charge in [-0.1, -0.05) is 0 Å². The summed E-state index contributed by atoms with van der Waals surface area (Å²) in [5, 5.41) is 1.80. The highest BCUT2D eigenvalue weighted by molar-refractivity contribution is 5.92. The first-order chi connectivity index (χ1) is 6.21. The Kier molecular flexibility index (Phi) is 3.93. The molecule has 7 heteroatoms. The maximum absolute atomic E-state index is 12.4. The van der Waals surface area contributed by atoms with Crippen molar-refractivity contribution in [3.8, 4) is 0 Å². The van der Waals surface area contributed by atoms with E-state index >= 15 is 0 Å². The van der Waals surface area contributed by atoms with Crippen molar-refractivity contribution in [3.63, 3.8) is 0 Å². The Bertz CT molecular complexity index is 245. The lowest BCUT2D eigenvalue weighted by Gasteiger charge is -2.27. The number of rotatable bonds is 4. The molecule has 82 valence electrons. The number of nitrogens with one attached hydrogen (secondary N) is 1. The predicted molar refractivity (Wildman–Crippen MR) is 45.4 cm³/mol. The Balaban J connectivity index is 4.71. The van der Waals surface area contributed by atoms with Crippen molar-refractivity contribution < 1.29 is 18.4 Å². The molecule has 0 aromatic carbocycles. The largest absolute Gasteiger partial charge is 0.367 e. The highest BCUT2D eigenvalue weighted by Crippen LogP contribution is 2.14. The highest BCUT2D eigenvalue weighted by Gasteiger charge is 2.42. The number of amides is 2. The minimum Gasteiger partial charge on any atom is -0.367 e. The zero-order valence-corrected chi connectivity index (χ0v) is 7.88. The summed E-state index contributed by atoms with van der Waals surface area (Å²) in [6.45, 7) is 2.16. The lowest BCUT2D eigenvalue weighted by Crippen LogP contribution is -2.62. The molecule has 0 heterocycles. The molecule has 14 heavy (non-hydrogen) atoms. The summed E-state index contributed by atoms with van der Waals surface area (Å²) in [6, 6.07) is -0.979. The van der Waals surface area contributed by atoms with Gasteiger partial charge < -0.3 is 16.8 Å². The molecule has 0 aromatic heterocycles. The van der Waals surface area contributed by atoms with Crippen LogP contribution in [0.25, 0.3) is 0 Å². The number of alkyl halides is 2. The molecule has 0 saturated heterocycles. The van der Waals surface area contributed by atoms with Crippen molar-refractivity contribution in [2.75, 3.05) is 0 Å².